The van der Waals surface area contributed by atoms with Crippen LogP contribution in [0.3, 0.4) is 0 Å². The molecule has 0 bridgehead atoms. The van der Waals surface area contributed by atoms with Crippen molar-refractivity contribution in [2.24, 2.45) is 5.92 Å². The van der Waals surface area contributed by atoms with Gasteiger partial charge in [-0.1, -0.05) is 24.6 Å². The molecule has 0 aromatic rings. The van der Waals surface area contributed by atoms with Gasteiger partial charge in [-0.3, -0.25) is 0 Å². The summed E-state index contributed by atoms with van der Waals surface area (Å²) >= 11 is 0. The summed E-state index contributed by atoms with van der Waals surface area (Å²) in [5.74, 6) is 0.803. The average molecular weight is 149 g/mol. The van der Waals surface area contributed by atoms with Crippen molar-refractivity contribution in [2.45, 2.75) is 19.8 Å². The van der Waals surface area contributed by atoms with Crippen LogP contribution in [0.15, 0.2) is 23.3 Å². The Morgan fingerprint density at radius 1 is 1.55 bits per heavy atom. The fourth-order valence-electron chi connectivity index (χ4n) is 2.01. The summed E-state index contributed by atoms with van der Waals surface area (Å²) in [4.78, 5) is 0. The maximum atomic E-state index is 3.40. The highest BCUT2D eigenvalue weighted by Gasteiger charge is 2.17. The number of rotatable bonds is 0. The van der Waals surface area contributed by atoms with E-state index in [2.05, 4.69) is 24.4 Å². The molecule has 0 amide bonds. The van der Waals surface area contributed by atoms with Crippen molar-refractivity contribution in [2.75, 3.05) is 13.1 Å². The Morgan fingerprint density at radius 2 is 2.45 bits per heavy atom. The van der Waals surface area contributed by atoms with E-state index in [0.717, 1.165) is 12.5 Å². The Hall–Kier alpha value is -0.560. The minimum absolute atomic E-state index is 0.803. The third-order valence-corrected chi connectivity index (χ3v) is 2.70. The predicted octanol–water partition coefficient (Wildman–Crippen LogP) is 1.87. The Kier molecular flexibility index (Phi) is 1.82. The van der Waals surface area contributed by atoms with Gasteiger partial charge in [0.1, 0.15) is 0 Å². The molecule has 1 aliphatic carbocycles. The molecule has 1 unspecified atom stereocenters. The molecule has 0 radical (unpaired) electrons. The minimum atomic E-state index is 0.803. The molecule has 2 rings (SSSR count). The Labute approximate surface area is 68.2 Å². The molecule has 1 nitrogen and oxygen atoms in total. The molecule has 1 heteroatoms. The van der Waals surface area contributed by atoms with Crippen molar-refractivity contribution in [1.82, 2.24) is 5.32 Å². The van der Waals surface area contributed by atoms with Gasteiger partial charge in [0.05, 0.1) is 0 Å². The van der Waals surface area contributed by atoms with E-state index in [1.807, 2.05) is 0 Å². The zero-order chi connectivity index (χ0) is 7.68. The SMILES string of the molecule is CC1CC=CC2=C1CCNC2. The van der Waals surface area contributed by atoms with E-state index in [0.29, 0.717) is 0 Å². The van der Waals surface area contributed by atoms with Gasteiger partial charge in [0.2, 0.25) is 0 Å². The Morgan fingerprint density at radius 3 is 3.27 bits per heavy atom. The highest BCUT2D eigenvalue weighted by molar-refractivity contribution is 5.34. The van der Waals surface area contributed by atoms with E-state index in [1.165, 1.54) is 19.4 Å². The van der Waals surface area contributed by atoms with Crippen LogP contribution in [0, 0.1) is 5.92 Å². The third kappa shape index (κ3) is 1.25. The van der Waals surface area contributed by atoms with Crippen molar-refractivity contribution in [1.29, 1.82) is 0 Å². The number of hydrogen-bond donors (Lipinski definition) is 1. The van der Waals surface area contributed by atoms with Crippen molar-refractivity contribution in [3.63, 3.8) is 0 Å². The second-order valence-corrected chi connectivity index (χ2v) is 3.52. The largest absolute Gasteiger partial charge is 0.312 e. The fraction of sp³-hybridized carbons (Fsp3) is 0.600. The van der Waals surface area contributed by atoms with Crippen LogP contribution in [0.1, 0.15) is 19.8 Å². The zero-order valence-corrected chi connectivity index (χ0v) is 7.06. The number of allylic oxidation sites excluding steroid dienone is 1. The lowest BCUT2D eigenvalue weighted by Crippen LogP contribution is -2.27. The Bertz CT molecular complexity index is 213. The summed E-state index contributed by atoms with van der Waals surface area (Å²) in [6, 6.07) is 0. The molecule has 0 spiro atoms. The molecule has 1 N–H and O–H groups in total. The quantitative estimate of drug-likeness (QED) is 0.554. The van der Waals surface area contributed by atoms with Crippen LogP contribution in [0.5, 0.6) is 0 Å². The summed E-state index contributed by atoms with van der Waals surface area (Å²) in [6.07, 6.45) is 7.11. The van der Waals surface area contributed by atoms with Crippen LogP contribution < -0.4 is 5.32 Å². The summed E-state index contributed by atoms with van der Waals surface area (Å²) in [6.45, 7) is 4.61. The topological polar surface area (TPSA) is 12.0 Å². The summed E-state index contributed by atoms with van der Waals surface area (Å²) in [7, 11) is 0. The molecule has 1 heterocycles. The van der Waals surface area contributed by atoms with Gasteiger partial charge in [-0.2, -0.15) is 0 Å². The lowest BCUT2D eigenvalue weighted by molar-refractivity contribution is 0.576. The lowest BCUT2D eigenvalue weighted by Gasteiger charge is -2.26. The van der Waals surface area contributed by atoms with Gasteiger partial charge in [-0.15, -0.1) is 0 Å². The van der Waals surface area contributed by atoms with Gasteiger partial charge in [-0.25, -0.2) is 0 Å². The first-order valence-corrected chi connectivity index (χ1v) is 4.47. The van der Waals surface area contributed by atoms with Gasteiger partial charge < -0.3 is 5.32 Å². The molecule has 1 aliphatic heterocycles. The molecule has 1 atom stereocenters. The van der Waals surface area contributed by atoms with Crippen LogP contribution in [-0.4, -0.2) is 13.1 Å². The van der Waals surface area contributed by atoms with Crippen molar-refractivity contribution >= 4 is 0 Å². The molecule has 60 valence electrons. The van der Waals surface area contributed by atoms with Gasteiger partial charge >= 0.3 is 0 Å². The molecule has 0 aromatic heterocycles. The molecular weight excluding hydrogens is 134 g/mol. The first-order chi connectivity index (χ1) is 5.38. The standard InChI is InChI=1S/C10H15N/c1-8-3-2-4-9-7-11-6-5-10(8)9/h2,4,8,11H,3,5-7H2,1H3. The molecule has 0 aromatic carbocycles. The smallest absolute Gasteiger partial charge is 0.0205 e. The molecule has 0 saturated heterocycles. The molecule has 0 fully saturated rings. The highest BCUT2D eigenvalue weighted by atomic mass is 14.9. The number of hydrogen-bond acceptors (Lipinski definition) is 1. The molecule has 11 heavy (non-hydrogen) atoms. The minimum Gasteiger partial charge on any atom is -0.312 e. The summed E-state index contributed by atoms with van der Waals surface area (Å²) in [5.41, 5.74) is 3.25. The first-order valence-electron chi connectivity index (χ1n) is 4.47. The highest BCUT2D eigenvalue weighted by Crippen LogP contribution is 2.28. The molecule has 0 saturated carbocycles. The van der Waals surface area contributed by atoms with Crippen molar-refractivity contribution < 1.29 is 0 Å². The maximum Gasteiger partial charge on any atom is 0.0205 e. The van der Waals surface area contributed by atoms with E-state index in [9.17, 15) is 0 Å². The fourth-order valence-corrected chi connectivity index (χ4v) is 2.01. The maximum absolute atomic E-state index is 3.40. The Balaban J connectivity index is 2.27. The van der Waals surface area contributed by atoms with E-state index in [1.54, 1.807) is 11.1 Å². The summed E-state index contributed by atoms with van der Waals surface area (Å²) < 4.78 is 0. The second kappa shape index (κ2) is 2.82. The van der Waals surface area contributed by atoms with Crippen molar-refractivity contribution in [3.05, 3.63) is 23.3 Å². The molecular formula is C10H15N. The van der Waals surface area contributed by atoms with E-state index in [4.69, 9.17) is 0 Å². The zero-order valence-electron chi connectivity index (χ0n) is 7.06. The third-order valence-electron chi connectivity index (χ3n) is 2.70. The predicted molar refractivity (Wildman–Crippen MR) is 47.4 cm³/mol. The van der Waals surface area contributed by atoms with Crippen LogP contribution in [0.4, 0.5) is 0 Å². The van der Waals surface area contributed by atoms with E-state index in [-0.39, 0.29) is 0 Å². The normalized spacial score (nSPS) is 30.5. The monoisotopic (exact) mass is 149 g/mol. The van der Waals surface area contributed by atoms with E-state index < -0.39 is 0 Å². The van der Waals surface area contributed by atoms with E-state index >= 15 is 0 Å². The van der Waals surface area contributed by atoms with Crippen LogP contribution in [-0.2, 0) is 0 Å². The van der Waals surface area contributed by atoms with Gasteiger partial charge in [0.15, 0.2) is 0 Å². The van der Waals surface area contributed by atoms with Crippen LogP contribution in [0.25, 0.3) is 0 Å². The lowest BCUT2D eigenvalue weighted by atomic mass is 9.85. The van der Waals surface area contributed by atoms with Crippen LogP contribution >= 0.6 is 0 Å². The second-order valence-electron chi connectivity index (χ2n) is 3.52. The first kappa shape index (κ1) is 7.11. The average Bonchev–Trinajstić information content (AvgIpc) is 2.06. The summed E-state index contributed by atoms with van der Waals surface area (Å²) in [5, 5.41) is 3.40. The van der Waals surface area contributed by atoms with Gasteiger partial charge in [0.25, 0.3) is 0 Å². The number of nitrogens with one attached hydrogen (secondary N) is 1. The van der Waals surface area contributed by atoms with Crippen molar-refractivity contribution in [3.8, 4) is 0 Å². The van der Waals surface area contributed by atoms with Gasteiger partial charge in [-0.05, 0) is 30.9 Å². The van der Waals surface area contributed by atoms with Crippen LogP contribution in [0.2, 0.25) is 0 Å². The van der Waals surface area contributed by atoms with Gasteiger partial charge in [0, 0.05) is 6.54 Å². The molecule has 2 aliphatic rings.